The first kappa shape index (κ1) is 14.6. The molecule has 0 unspecified atom stereocenters. The molecule has 3 aromatic rings. The van der Waals surface area contributed by atoms with Gasteiger partial charge in [0.25, 0.3) is 11.6 Å². The Bertz CT molecular complexity index is 929. The van der Waals surface area contributed by atoms with Gasteiger partial charge in [0.05, 0.1) is 21.6 Å². The second-order valence-electron chi connectivity index (χ2n) is 4.94. The van der Waals surface area contributed by atoms with Gasteiger partial charge in [0, 0.05) is 6.07 Å². The third-order valence-corrected chi connectivity index (χ3v) is 3.53. The number of aromatic hydroxyl groups is 1. The van der Waals surface area contributed by atoms with Crippen molar-refractivity contribution in [3.63, 3.8) is 0 Å². The van der Waals surface area contributed by atoms with E-state index in [1.807, 2.05) is 0 Å². The van der Waals surface area contributed by atoms with Crippen LogP contribution < -0.4 is 5.32 Å². The van der Waals surface area contributed by atoms with E-state index in [0.717, 1.165) is 0 Å². The van der Waals surface area contributed by atoms with Crippen molar-refractivity contribution in [2.45, 2.75) is 6.92 Å². The van der Waals surface area contributed by atoms with Gasteiger partial charge in [-0.3, -0.25) is 14.9 Å². The molecule has 7 nitrogen and oxygen atoms in total. The van der Waals surface area contributed by atoms with Crippen LogP contribution in [0.15, 0.2) is 46.9 Å². The molecule has 2 aromatic carbocycles. The van der Waals surface area contributed by atoms with Crippen molar-refractivity contribution in [2.75, 3.05) is 5.32 Å². The standard InChI is InChI=1S/C16H12N2O5/c1-9-11(6-4-7-12(9)18(21)22)17-16(20)15-14(19)10-5-2-3-8-13(10)23-15/h2-8,19H,1H3,(H,17,20). The van der Waals surface area contributed by atoms with Crippen LogP contribution in [0.3, 0.4) is 0 Å². The highest BCUT2D eigenvalue weighted by Crippen LogP contribution is 2.33. The van der Waals surface area contributed by atoms with E-state index in [9.17, 15) is 20.0 Å². The topological polar surface area (TPSA) is 106 Å². The number of hydrogen-bond donors (Lipinski definition) is 2. The second-order valence-corrected chi connectivity index (χ2v) is 4.94. The molecule has 1 heterocycles. The van der Waals surface area contributed by atoms with Crippen LogP contribution in [0.4, 0.5) is 11.4 Å². The normalized spacial score (nSPS) is 10.7. The summed E-state index contributed by atoms with van der Waals surface area (Å²) in [6, 6.07) is 11.1. The van der Waals surface area contributed by atoms with E-state index in [1.165, 1.54) is 19.1 Å². The molecule has 0 spiro atoms. The molecule has 0 aliphatic carbocycles. The molecule has 0 bridgehead atoms. The fraction of sp³-hybridized carbons (Fsp3) is 0.0625. The molecule has 2 N–H and O–H groups in total. The number of nitro benzene ring substituents is 1. The number of carbonyl (C=O) groups is 1. The molecule has 116 valence electrons. The molecule has 7 heteroatoms. The van der Waals surface area contributed by atoms with E-state index in [0.29, 0.717) is 16.5 Å². The van der Waals surface area contributed by atoms with Crippen molar-refractivity contribution in [3.05, 3.63) is 63.9 Å². The van der Waals surface area contributed by atoms with Gasteiger partial charge in [0.1, 0.15) is 5.58 Å². The molecule has 0 radical (unpaired) electrons. The van der Waals surface area contributed by atoms with Crippen molar-refractivity contribution in [2.24, 2.45) is 0 Å². The van der Waals surface area contributed by atoms with E-state index in [4.69, 9.17) is 4.42 Å². The van der Waals surface area contributed by atoms with Crippen LogP contribution in [0.2, 0.25) is 0 Å². The zero-order valence-electron chi connectivity index (χ0n) is 12.1. The fourth-order valence-electron chi connectivity index (χ4n) is 2.32. The van der Waals surface area contributed by atoms with Gasteiger partial charge in [0.15, 0.2) is 5.75 Å². The highest BCUT2D eigenvalue weighted by molar-refractivity contribution is 6.08. The lowest BCUT2D eigenvalue weighted by atomic mass is 10.1. The van der Waals surface area contributed by atoms with Crippen molar-refractivity contribution >= 4 is 28.3 Å². The Kier molecular flexibility index (Phi) is 3.46. The summed E-state index contributed by atoms with van der Waals surface area (Å²) in [4.78, 5) is 22.7. The number of anilines is 1. The number of nitrogens with one attached hydrogen (secondary N) is 1. The van der Waals surface area contributed by atoms with Crippen molar-refractivity contribution < 1.29 is 19.2 Å². The lowest BCUT2D eigenvalue weighted by molar-refractivity contribution is -0.385. The van der Waals surface area contributed by atoms with Gasteiger partial charge in [-0.05, 0) is 25.1 Å². The predicted octanol–water partition coefficient (Wildman–Crippen LogP) is 3.61. The maximum atomic E-state index is 12.3. The Morgan fingerprint density at radius 2 is 1.96 bits per heavy atom. The number of nitrogens with zero attached hydrogens (tertiary/aromatic N) is 1. The highest BCUT2D eigenvalue weighted by atomic mass is 16.6. The van der Waals surface area contributed by atoms with Crippen LogP contribution >= 0.6 is 0 Å². The fourth-order valence-corrected chi connectivity index (χ4v) is 2.32. The minimum atomic E-state index is -0.678. The molecule has 0 atom stereocenters. The lowest BCUT2D eigenvalue weighted by Gasteiger charge is -2.07. The van der Waals surface area contributed by atoms with Crippen LogP contribution in [0.1, 0.15) is 16.1 Å². The Balaban J connectivity index is 1.97. The SMILES string of the molecule is Cc1c(NC(=O)c2oc3ccccc3c2O)cccc1[N+](=O)[O-]. The minimum absolute atomic E-state index is 0.100. The summed E-state index contributed by atoms with van der Waals surface area (Å²) in [6.45, 7) is 1.53. The number of rotatable bonds is 3. The van der Waals surface area contributed by atoms with E-state index in [1.54, 1.807) is 30.3 Å². The van der Waals surface area contributed by atoms with Crippen molar-refractivity contribution in [1.82, 2.24) is 0 Å². The van der Waals surface area contributed by atoms with E-state index in [-0.39, 0.29) is 22.9 Å². The number of para-hydroxylation sites is 1. The first-order chi connectivity index (χ1) is 11.0. The molecule has 0 aliphatic rings. The van der Waals surface area contributed by atoms with E-state index in [2.05, 4.69) is 5.32 Å². The summed E-state index contributed by atoms with van der Waals surface area (Å²) in [7, 11) is 0. The van der Waals surface area contributed by atoms with Gasteiger partial charge in [-0.25, -0.2) is 0 Å². The van der Waals surface area contributed by atoms with Gasteiger partial charge in [0.2, 0.25) is 5.76 Å². The van der Waals surface area contributed by atoms with Crippen LogP contribution in [0.25, 0.3) is 11.0 Å². The van der Waals surface area contributed by atoms with Gasteiger partial charge < -0.3 is 14.8 Å². The Morgan fingerprint density at radius 1 is 1.22 bits per heavy atom. The largest absolute Gasteiger partial charge is 0.504 e. The average molecular weight is 312 g/mol. The average Bonchev–Trinajstić information content (AvgIpc) is 2.87. The van der Waals surface area contributed by atoms with Gasteiger partial charge >= 0.3 is 0 Å². The van der Waals surface area contributed by atoms with Gasteiger partial charge in [-0.15, -0.1) is 0 Å². The van der Waals surface area contributed by atoms with Crippen LogP contribution in [0.5, 0.6) is 5.75 Å². The van der Waals surface area contributed by atoms with Gasteiger partial charge in [-0.1, -0.05) is 18.2 Å². The molecule has 0 saturated heterocycles. The molecule has 1 amide bonds. The monoisotopic (exact) mass is 312 g/mol. The predicted molar refractivity (Wildman–Crippen MR) is 83.7 cm³/mol. The van der Waals surface area contributed by atoms with E-state index >= 15 is 0 Å². The van der Waals surface area contributed by atoms with Crippen molar-refractivity contribution in [3.8, 4) is 5.75 Å². The van der Waals surface area contributed by atoms with Crippen molar-refractivity contribution in [1.29, 1.82) is 0 Å². The Morgan fingerprint density at radius 3 is 2.65 bits per heavy atom. The molecular formula is C16H12N2O5. The molecule has 0 fully saturated rings. The number of furan rings is 1. The summed E-state index contributed by atoms with van der Waals surface area (Å²) >= 11 is 0. The quantitative estimate of drug-likeness (QED) is 0.567. The first-order valence-corrected chi connectivity index (χ1v) is 6.75. The number of carbonyl (C=O) groups excluding carboxylic acids is 1. The number of hydrogen-bond acceptors (Lipinski definition) is 5. The Labute approximate surface area is 130 Å². The smallest absolute Gasteiger partial charge is 0.295 e. The summed E-state index contributed by atoms with van der Waals surface area (Å²) in [5, 5.41) is 24.0. The first-order valence-electron chi connectivity index (χ1n) is 6.75. The highest BCUT2D eigenvalue weighted by Gasteiger charge is 2.22. The molecule has 0 saturated carbocycles. The molecule has 3 rings (SSSR count). The third kappa shape index (κ3) is 2.48. The Hall–Kier alpha value is -3.35. The van der Waals surface area contributed by atoms with Crippen LogP contribution in [-0.4, -0.2) is 15.9 Å². The minimum Gasteiger partial charge on any atom is -0.504 e. The molecule has 1 aromatic heterocycles. The third-order valence-electron chi connectivity index (χ3n) is 3.53. The zero-order chi connectivity index (χ0) is 16.6. The number of fused-ring (bicyclic) bond motifs is 1. The maximum Gasteiger partial charge on any atom is 0.295 e. The van der Waals surface area contributed by atoms with E-state index < -0.39 is 10.8 Å². The zero-order valence-corrected chi connectivity index (χ0v) is 12.1. The maximum absolute atomic E-state index is 12.3. The number of amides is 1. The summed E-state index contributed by atoms with van der Waals surface area (Å²) < 4.78 is 5.35. The lowest BCUT2D eigenvalue weighted by Crippen LogP contribution is -2.12. The summed E-state index contributed by atoms with van der Waals surface area (Å²) in [6.07, 6.45) is 0. The van der Waals surface area contributed by atoms with Crippen LogP contribution in [-0.2, 0) is 0 Å². The second kappa shape index (κ2) is 5.45. The molecule has 23 heavy (non-hydrogen) atoms. The summed E-state index contributed by atoms with van der Waals surface area (Å²) in [5.74, 6) is -1.18. The molecule has 0 aliphatic heterocycles. The van der Waals surface area contributed by atoms with Gasteiger partial charge in [-0.2, -0.15) is 0 Å². The molecular weight excluding hydrogens is 300 g/mol. The number of nitro groups is 1. The summed E-state index contributed by atoms with van der Waals surface area (Å²) in [5.41, 5.74) is 0.882. The number of benzene rings is 2. The van der Waals surface area contributed by atoms with Crippen LogP contribution in [0, 0.1) is 17.0 Å².